The van der Waals surface area contributed by atoms with Crippen LogP contribution < -0.4 is 10.1 Å². The van der Waals surface area contributed by atoms with E-state index in [1.165, 1.54) is 18.2 Å². The molecule has 7 nitrogen and oxygen atoms in total. The van der Waals surface area contributed by atoms with Gasteiger partial charge in [-0.3, -0.25) is 19.5 Å². The molecule has 0 bridgehead atoms. The van der Waals surface area contributed by atoms with E-state index in [1.54, 1.807) is 12.3 Å². The number of aliphatic imine (C=N–C) groups is 1. The first kappa shape index (κ1) is 22.1. The molecule has 0 saturated carbocycles. The zero-order valence-corrected chi connectivity index (χ0v) is 18.6. The number of nitrogens with zero attached hydrogens (tertiary/aromatic N) is 4. The van der Waals surface area contributed by atoms with E-state index in [0.717, 1.165) is 17.9 Å². The minimum absolute atomic E-state index is 0.0208. The fourth-order valence-electron chi connectivity index (χ4n) is 3.56. The number of hydrogen-bond donors (Lipinski definition) is 1. The van der Waals surface area contributed by atoms with Crippen molar-refractivity contribution in [1.29, 1.82) is 0 Å². The van der Waals surface area contributed by atoms with Crippen LogP contribution in [0.1, 0.15) is 33.9 Å². The van der Waals surface area contributed by atoms with Gasteiger partial charge >= 0.3 is 0 Å². The van der Waals surface area contributed by atoms with E-state index in [-0.39, 0.29) is 23.8 Å². The Morgan fingerprint density at radius 2 is 2.09 bits per heavy atom. The lowest BCUT2D eigenvalue weighted by atomic mass is 10.00. The van der Waals surface area contributed by atoms with Crippen molar-refractivity contribution in [3.05, 3.63) is 70.0 Å². The topological polar surface area (TPSA) is 81.4 Å². The molecule has 0 aliphatic carbocycles. The largest absolute Gasteiger partial charge is 0.488 e. The Labute approximate surface area is 190 Å². The highest BCUT2D eigenvalue weighted by molar-refractivity contribution is 6.30. The maximum Gasteiger partial charge on any atom is 0.170 e. The number of pyridine rings is 1. The van der Waals surface area contributed by atoms with Crippen LogP contribution in [0.5, 0.6) is 5.75 Å². The summed E-state index contributed by atoms with van der Waals surface area (Å²) in [5.41, 5.74) is 4.52. The minimum atomic E-state index is -0.515. The molecule has 9 heteroatoms. The van der Waals surface area contributed by atoms with Crippen LogP contribution in [0.15, 0.2) is 41.5 Å². The third-order valence-corrected chi connectivity index (χ3v) is 5.42. The maximum absolute atomic E-state index is 13.3. The standard InChI is InChI=1S/C23H23ClFN5O2/c1-14-9-15(2)30(29-14)8-7-26-12-21-23-18(5-6-27-21)22(31)10-16(28-23)13-32-17-3-4-20(25)19(24)11-17/h3-6,9,11,26H,7-8,10,12-13H2,1-2H3. The molecule has 2 aromatic heterocycles. The Hall–Kier alpha value is -3.10. The van der Waals surface area contributed by atoms with Crippen LogP contribution in [0, 0.1) is 19.7 Å². The fraction of sp³-hybridized carbons (Fsp3) is 0.304. The zero-order chi connectivity index (χ0) is 22.7. The third-order valence-electron chi connectivity index (χ3n) is 5.13. The molecule has 1 aliphatic rings. The number of hydrogen-bond acceptors (Lipinski definition) is 6. The highest BCUT2D eigenvalue weighted by atomic mass is 35.5. The van der Waals surface area contributed by atoms with Gasteiger partial charge in [-0.1, -0.05) is 11.6 Å². The summed E-state index contributed by atoms with van der Waals surface area (Å²) >= 11 is 5.80. The number of halogens is 2. The van der Waals surface area contributed by atoms with Crippen molar-refractivity contribution in [3.63, 3.8) is 0 Å². The normalized spacial score (nSPS) is 13.1. The quantitative estimate of drug-likeness (QED) is 0.514. The number of benzene rings is 1. The second-order valence-corrected chi connectivity index (χ2v) is 8.03. The van der Waals surface area contributed by atoms with Gasteiger partial charge in [-0.15, -0.1) is 0 Å². The van der Waals surface area contributed by atoms with Crippen LogP contribution in [0.2, 0.25) is 5.02 Å². The number of ether oxygens (including phenoxy) is 1. The maximum atomic E-state index is 13.3. The summed E-state index contributed by atoms with van der Waals surface area (Å²) in [6.45, 7) is 6.01. The number of fused-ring (bicyclic) bond motifs is 1. The Morgan fingerprint density at radius 1 is 1.25 bits per heavy atom. The monoisotopic (exact) mass is 455 g/mol. The Balaban J connectivity index is 1.42. The van der Waals surface area contributed by atoms with Crippen LogP contribution in [0.4, 0.5) is 10.1 Å². The number of aromatic nitrogens is 3. The van der Waals surface area contributed by atoms with Crippen molar-refractivity contribution < 1.29 is 13.9 Å². The SMILES string of the molecule is Cc1cc(C)n(CCNCc2nccc3c2N=C(COc2ccc(F)c(Cl)c2)CC3=O)n1. The number of ketones is 1. The van der Waals surface area contributed by atoms with Gasteiger partial charge in [-0.25, -0.2) is 4.39 Å². The number of carbonyl (C=O) groups excluding carboxylic acids is 1. The minimum Gasteiger partial charge on any atom is -0.488 e. The third kappa shape index (κ3) is 5.03. The van der Waals surface area contributed by atoms with Crippen LogP contribution >= 0.6 is 11.6 Å². The van der Waals surface area contributed by atoms with Crippen LogP contribution in [-0.2, 0) is 13.1 Å². The van der Waals surface area contributed by atoms with Crippen molar-refractivity contribution in [2.24, 2.45) is 4.99 Å². The van der Waals surface area contributed by atoms with E-state index in [2.05, 4.69) is 20.4 Å². The van der Waals surface area contributed by atoms with Gasteiger partial charge < -0.3 is 10.1 Å². The number of rotatable bonds is 8. The molecule has 0 atom stereocenters. The second kappa shape index (κ2) is 9.58. The van der Waals surface area contributed by atoms with E-state index in [1.807, 2.05) is 24.6 Å². The molecule has 1 aliphatic heterocycles. The summed E-state index contributed by atoms with van der Waals surface area (Å²) in [4.78, 5) is 21.7. The first-order chi connectivity index (χ1) is 15.4. The van der Waals surface area contributed by atoms with E-state index in [0.29, 0.717) is 41.5 Å². The molecule has 4 rings (SSSR count). The molecule has 0 radical (unpaired) electrons. The number of aryl methyl sites for hydroxylation is 2. The van der Waals surface area contributed by atoms with Gasteiger partial charge in [0.25, 0.3) is 0 Å². The van der Waals surface area contributed by atoms with Gasteiger partial charge in [0.05, 0.1) is 40.8 Å². The average molecular weight is 456 g/mol. The molecule has 1 N–H and O–H groups in total. The molecule has 0 amide bonds. The molecule has 1 aromatic carbocycles. The molecule has 32 heavy (non-hydrogen) atoms. The highest BCUT2D eigenvalue weighted by Gasteiger charge is 2.23. The van der Waals surface area contributed by atoms with Gasteiger partial charge in [0.1, 0.15) is 18.2 Å². The predicted molar refractivity (Wildman–Crippen MR) is 121 cm³/mol. The van der Waals surface area contributed by atoms with Gasteiger partial charge in [-0.2, -0.15) is 5.10 Å². The lowest BCUT2D eigenvalue weighted by Crippen LogP contribution is -2.23. The zero-order valence-electron chi connectivity index (χ0n) is 17.9. The first-order valence-electron chi connectivity index (χ1n) is 10.3. The molecule has 166 valence electrons. The number of nitrogens with one attached hydrogen (secondary N) is 1. The number of carbonyl (C=O) groups is 1. The van der Waals surface area contributed by atoms with Gasteiger partial charge in [0, 0.05) is 36.6 Å². The molecule has 3 heterocycles. The van der Waals surface area contributed by atoms with E-state index < -0.39 is 5.82 Å². The van der Waals surface area contributed by atoms with Crippen molar-refractivity contribution >= 4 is 28.8 Å². The van der Waals surface area contributed by atoms with Gasteiger partial charge in [0.2, 0.25) is 0 Å². The summed E-state index contributed by atoms with van der Waals surface area (Å²) < 4.78 is 20.9. The molecule has 0 fully saturated rings. The molecular formula is C23H23ClFN5O2. The summed E-state index contributed by atoms with van der Waals surface area (Å²) in [5, 5.41) is 7.78. The van der Waals surface area contributed by atoms with Crippen molar-refractivity contribution in [2.75, 3.05) is 13.2 Å². The van der Waals surface area contributed by atoms with E-state index >= 15 is 0 Å². The van der Waals surface area contributed by atoms with E-state index in [9.17, 15) is 9.18 Å². The first-order valence-corrected chi connectivity index (χ1v) is 10.7. The Kier molecular flexibility index (Phi) is 6.62. The lowest BCUT2D eigenvalue weighted by molar-refractivity contribution is 0.0998. The van der Waals surface area contributed by atoms with Gasteiger partial charge in [-0.05, 0) is 38.1 Å². The van der Waals surface area contributed by atoms with Crippen LogP contribution in [-0.4, -0.2) is 39.4 Å². The molecule has 3 aromatic rings. The fourth-order valence-corrected chi connectivity index (χ4v) is 3.73. The lowest BCUT2D eigenvalue weighted by Gasteiger charge is -2.18. The van der Waals surface area contributed by atoms with Gasteiger partial charge in [0.15, 0.2) is 5.78 Å². The Morgan fingerprint density at radius 3 is 2.84 bits per heavy atom. The number of Topliss-reactive ketones (excluding diaryl/α,β-unsaturated/α-hetero) is 1. The summed E-state index contributed by atoms with van der Waals surface area (Å²) in [6.07, 6.45) is 1.79. The van der Waals surface area contributed by atoms with Crippen LogP contribution in [0.3, 0.4) is 0 Å². The molecule has 0 saturated heterocycles. The highest BCUT2D eigenvalue weighted by Crippen LogP contribution is 2.29. The average Bonchev–Trinajstić information content (AvgIpc) is 3.09. The van der Waals surface area contributed by atoms with Crippen molar-refractivity contribution in [1.82, 2.24) is 20.1 Å². The van der Waals surface area contributed by atoms with Crippen LogP contribution in [0.25, 0.3) is 0 Å². The summed E-state index contributed by atoms with van der Waals surface area (Å²) in [5.74, 6) is -0.134. The smallest absolute Gasteiger partial charge is 0.170 e. The molecule has 0 unspecified atom stereocenters. The van der Waals surface area contributed by atoms with Crippen molar-refractivity contribution in [2.45, 2.75) is 33.4 Å². The molecule has 0 spiro atoms. The van der Waals surface area contributed by atoms with E-state index in [4.69, 9.17) is 16.3 Å². The second-order valence-electron chi connectivity index (χ2n) is 7.62. The summed E-state index contributed by atoms with van der Waals surface area (Å²) in [7, 11) is 0. The Bertz CT molecular complexity index is 1190. The van der Waals surface area contributed by atoms with Crippen molar-refractivity contribution in [3.8, 4) is 5.75 Å². The predicted octanol–water partition coefficient (Wildman–Crippen LogP) is 4.22. The molecular weight excluding hydrogens is 433 g/mol. The summed E-state index contributed by atoms with van der Waals surface area (Å²) in [6, 6.07) is 7.85.